The SMILES string of the molecule is COc1cc(OC)c(NS(=O)(=O)c2cc(-c3n[nH]c(C)c3C)sc2C)cc1Cl. The number of sulfonamides is 1. The molecule has 150 valence electrons. The Morgan fingerprint density at radius 3 is 2.36 bits per heavy atom. The number of thiophene rings is 1. The average Bonchev–Trinajstić information content (AvgIpc) is 3.18. The van der Waals surface area contributed by atoms with Gasteiger partial charge in [0.05, 0.1) is 29.8 Å². The molecular formula is C18H20ClN3O4S2. The zero-order valence-electron chi connectivity index (χ0n) is 16.0. The molecule has 0 radical (unpaired) electrons. The Morgan fingerprint density at radius 1 is 1.11 bits per heavy atom. The monoisotopic (exact) mass is 441 g/mol. The van der Waals surface area contributed by atoms with Crippen LogP contribution in [0.4, 0.5) is 5.69 Å². The highest BCUT2D eigenvalue weighted by Crippen LogP contribution is 2.39. The lowest BCUT2D eigenvalue weighted by atomic mass is 10.2. The fraction of sp³-hybridized carbons (Fsp3) is 0.278. The van der Waals surface area contributed by atoms with Crippen LogP contribution < -0.4 is 14.2 Å². The number of halogens is 1. The predicted molar refractivity (Wildman–Crippen MR) is 111 cm³/mol. The standard InChI is InChI=1S/C18H20ClN3O4S2/c1-9-10(2)20-21-18(9)16-8-17(11(3)27-16)28(23,24)22-13-6-12(19)14(25-4)7-15(13)26-5/h6-8,22H,1-5H3,(H,20,21). The number of aryl methyl sites for hydroxylation is 2. The van der Waals surface area contributed by atoms with Gasteiger partial charge in [-0.25, -0.2) is 8.42 Å². The summed E-state index contributed by atoms with van der Waals surface area (Å²) in [5.41, 5.74) is 2.91. The second-order valence-electron chi connectivity index (χ2n) is 6.15. The van der Waals surface area contributed by atoms with Crippen molar-refractivity contribution < 1.29 is 17.9 Å². The fourth-order valence-corrected chi connectivity index (χ4v) is 5.65. The molecule has 3 aromatic rings. The molecule has 10 heteroatoms. The quantitative estimate of drug-likeness (QED) is 0.586. The van der Waals surface area contributed by atoms with Gasteiger partial charge in [-0.05, 0) is 38.5 Å². The summed E-state index contributed by atoms with van der Waals surface area (Å²) in [6, 6.07) is 4.62. The van der Waals surface area contributed by atoms with Gasteiger partial charge >= 0.3 is 0 Å². The highest BCUT2D eigenvalue weighted by Gasteiger charge is 2.24. The predicted octanol–water partition coefficient (Wildman–Crippen LogP) is 4.53. The molecule has 0 unspecified atom stereocenters. The Kier molecular flexibility index (Phi) is 5.60. The summed E-state index contributed by atoms with van der Waals surface area (Å²) in [6.07, 6.45) is 0. The van der Waals surface area contributed by atoms with Crippen molar-refractivity contribution in [3.05, 3.63) is 39.4 Å². The number of hydrogen-bond acceptors (Lipinski definition) is 6. The molecule has 7 nitrogen and oxygen atoms in total. The van der Waals surface area contributed by atoms with Crippen LogP contribution in [0.5, 0.6) is 11.5 Å². The maximum Gasteiger partial charge on any atom is 0.263 e. The van der Waals surface area contributed by atoms with Gasteiger partial charge in [0.15, 0.2) is 0 Å². The van der Waals surface area contributed by atoms with Crippen molar-refractivity contribution in [2.45, 2.75) is 25.7 Å². The molecular weight excluding hydrogens is 422 g/mol. The van der Waals surface area contributed by atoms with Gasteiger partial charge in [-0.2, -0.15) is 5.10 Å². The van der Waals surface area contributed by atoms with E-state index < -0.39 is 10.0 Å². The highest BCUT2D eigenvalue weighted by molar-refractivity contribution is 7.93. The number of H-pyrrole nitrogens is 1. The average molecular weight is 442 g/mol. The minimum atomic E-state index is -3.86. The number of aromatic nitrogens is 2. The Bertz CT molecular complexity index is 1140. The third kappa shape index (κ3) is 3.69. The number of ether oxygens (including phenoxy) is 2. The summed E-state index contributed by atoms with van der Waals surface area (Å²) in [5.74, 6) is 0.691. The second kappa shape index (κ2) is 7.65. The molecule has 0 amide bonds. The van der Waals surface area contributed by atoms with E-state index in [1.807, 2.05) is 13.8 Å². The van der Waals surface area contributed by atoms with Crippen molar-refractivity contribution in [2.75, 3.05) is 18.9 Å². The molecule has 0 aliphatic heterocycles. The fourth-order valence-electron chi connectivity index (χ4n) is 2.71. The molecule has 2 N–H and O–H groups in total. The number of rotatable bonds is 6. The molecule has 0 saturated heterocycles. The van der Waals surface area contributed by atoms with Crippen LogP contribution in [0.3, 0.4) is 0 Å². The van der Waals surface area contributed by atoms with Crippen LogP contribution in [0.2, 0.25) is 5.02 Å². The summed E-state index contributed by atoms with van der Waals surface area (Å²) >= 11 is 7.52. The number of anilines is 1. The number of methoxy groups -OCH3 is 2. The Balaban J connectivity index is 2.01. The molecule has 0 spiro atoms. The molecule has 1 aromatic carbocycles. The van der Waals surface area contributed by atoms with E-state index in [0.29, 0.717) is 16.4 Å². The molecule has 2 aromatic heterocycles. The minimum Gasteiger partial charge on any atom is -0.495 e. The molecule has 0 aliphatic rings. The van der Waals surface area contributed by atoms with Crippen LogP contribution >= 0.6 is 22.9 Å². The molecule has 0 bridgehead atoms. The first-order valence-corrected chi connectivity index (χ1v) is 10.9. The smallest absolute Gasteiger partial charge is 0.263 e. The van der Waals surface area contributed by atoms with Crippen LogP contribution in [0, 0.1) is 20.8 Å². The maximum atomic E-state index is 13.0. The van der Waals surface area contributed by atoms with Crippen molar-refractivity contribution in [3.63, 3.8) is 0 Å². The summed E-state index contributed by atoms with van der Waals surface area (Å²) in [7, 11) is -0.950. The van der Waals surface area contributed by atoms with E-state index in [9.17, 15) is 8.42 Å². The number of nitrogens with zero attached hydrogens (tertiary/aromatic N) is 1. The van der Waals surface area contributed by atoms with Crippen LogP contribution in [0.15, 0.2) is 23.1 Å². The third-order valence-corrected chi connectivity index (χ3v) is 7.34. The molecule has 0 saturated carbocycles. The van der Waals surface area contributed by atoms with Gasteiger partial charge in [0.2, 0.25) is 0 Å². The minimum absolute atomic E-state index is 0.182. The lowest BCUT2D eigenvalue weighted by Crippen LogP contribution is -2.14. The van der Waals surface area contributed by atoms with Crippen molar-refractivity contribution in [2.24, 2.45) is 0 Å². The van der Waals surface area contributed by atoms with Crippen molar-refractivity contribution in [3.8, 4) is 22.1 Å². The maximum absolute atomic E-state index is 13.0. The molecule has 0 fully saturated rings. The number of hydrogen-bond donors (Lipinski definition) is 2. The first-order chi connectivity index (χ1) is 13.2. The summed E-state index contributed by atoms with van der Waals surface area (Å²) < 4.78 is 39.0. The van der Waals surface area contributed by atoms with Crippen LogP contribution in [-0.4, -0.2) is 32.8 Å². The number of benzene rings is 1. The molecule has 28 heavy (non-hydrogen) atoms. The van der Waals surface area contributed by atoms with Crippen LogP contribution in [0.1, 0.15) is 16.1 Å². The summed E-state index contributed by atoms with van der Waals surface area (Å²) in [4.78, 5) is 1.61. The van der Waals surface area contributed by atoms with Crippen LogP contribution in [-0.2, 0) is 10.0 Å². The largest absolute Gasteiger partial charge is 0.495 e. The van der Waals surface area contributed by atoms with E-state index in [1.165, 1.54) is 37.7 Å². The lowest BCUT2D eigenvalue weighted by Gasteiger charge is -2.14. The topological polar surface area (TPSA) is 93.3 Å². The van der Waals surface area contributed by atoms with Gasteiger partial charge < -0.3 is 9.47 Å². The third-order valence-electron chi connectivity index (χ3n) is 4.37. The summed E-state index contributed by atoms with van der Waals surface area (Å²) in [5, 5.41) is 7.48. The normalized spacial score (nSPS) is 11.5. The van der Waals surface area contributed by atoms with Gasteiger partial charge in [0, 0.05) is 16.6 Å². The second-order valence-corrected chi connectivity index (χ2v) is 9.46. The molecule has 0 aliphatic carbocycles. The van der Waals surface area contributed by atoms with Gasteiger partial charge in [-0.3, -0.25) is 9.82 Å². The zero-order valence-corrected chi connectivity index (χ0v) is 18.4. The molecule has 3 rings (SSSR count). The van der Waals surface area contributed by atoms with Gasteiger partial charge in [-0.15, -0.1) is 11.3 Å². The van der Waals surface area contributed by atoms with Gasteiger partial charge in [-0.1, -0.05) is 11.6 Å². The molecule has 2 heterocycles. The van der Waals surface area contributed by atoms with E-state index in [1.54, 1.807) is 13.0 Å². The van der Waals surface area contributed by atoms with Crippen molar-refractivity contribution >= 4 is 38.6 Å². The van der Waals surface area contributed by atoms with Gasteiger partial charge in [0.25, 0.3) is 10.0 Å². The van der Waals surface area contributed by atoms with E-state index >= 15 is 0 Å². The van der Waals surface area contributed by atoms with Crippen LogP contribution in [0.25, 0.3) is 10.6 Å². The first kappa shape index (κ1) is 20.5. The van der Waals surface area contributed by atoms with E-state index in [0.717, 1.165) is 21.8 Å². The Morgan fingerprint density at radius 2 is 1.79 bits per heavy atom. The molecule has 0 atom stereocenters. The first-order valence-electron chi connectivity index (χ1n) is 8.24. The van der Waals surface area contributed by atoms with E-state index in [-0.39, 0.29) is 15.6 Å². The Labute approximate surface area is 172 Å². The van der Waals surface area contributed by atoms with Gasteiger partial charge in [0.1, 0.15) is 22.1 Å². The van der Waals surface area contributed by atoms with Crippen molar-refractivity contribution in [1.29, 1.82) is 0 Å². The number of aromatic amines is 1. The van der Waals surface area contributed by atoms with Crippen molar-refractivity contribution in [1.82, 2.24) is 10.2 Å². The highest BCUT2D eigenvalue weighted by atomic mass is 35.5. The summed E-state index contributed by atoms with van der Waals surface area (Å²) in [6.45, 7) is 5.63. The number of nitrogens with one attached hydrogen (secondary N) is 2. The van der Waals surface area contributed by atoms with E-state index in [2.05, 4.69) is 14.9 Å². The lowest BCUT2D eigenvalue weighted by molar-refractivity contribution is 0.396. The Hall–Kier alpha value is -2.23. The zero-order chi connectivity index (χ0) is 20.6. The van der Waals surface area contributed by atoms with E-state index in [4.69, 9.17) is 21.1 Å².